The number of rotatable bonds is 2. The number of aryl methyl sites for hydroxylation is 2. The summed E-state index contributed by atoms with van der Waals surface area (Å²) in [5.41, 5.74) is 8.51. The molecule has 0 fully saturated rings. The molecule has 1 heterocycles. The van der Waals surface area contributed by atoms with Gasteiger partial charge in [-0.25, -0.2) is 4.98 Å². The Morgan fingerprint density at radius 1 is 0.944 bits per heavy atom. The zero-order valence-corrected chi connectivity index (χ0v) is 10.2. The van der Waals surface area contributed by atoms with Crippen molar-refractivity contribution in [3.63, 3.8) is 0 Å². The first-order chi connectivity index (χ1) is 8.81. The van der Waals surface area contributed by atoms with Crippen molar-refractivity contribution < 1.29 is 4.74 Å². The van der Waals surface area contributed by atoms with E-state index in [-0.39, 0.29) is 0 Å². The lowest BCUT2D eigenvalue weighted by Gasteiger charge is -2.16. The summed E-state index contributed by atoms with van der Waals surface area (Å²) in [6, 6.07) is 9.90. The van der Waals surface area contributed by atoms with E-state index < -0.39 is 0 Å². The van der Waals surface area contributed by atoms with Gasteiger partial charge >= 0.3 is 0 Å². The van der Waals surface area contributed by atoms with Crippen LogP contribution in [0.3, 0.4) is 0 Å². The lowest BCUT2D eigenvalue weighted by molar-refractivity contribution is 0.480. The molecule has 1 aliphatic rings. The number of aromatic nitrogens is 1. The van der Waals surface area contributed by atoms with Crippen LogP contribution in [0.5, 0.6) is 11.5 Å². The van der Waals surface area contributed by atoms with Crippen LogP contribution in [0.4, 0.5) is 5.82 Å². The van der Waals surface area contributed by atoms with Crippen LogP contribution in [-0.4, -0.2) is 4.98 Å². The summed E-state index contributed by atoms with van der Waals surface area (Å²) in [6.07, 6.45) is 6.58. The van der Waals surface area contributed by atoms with E-state index in [1.54, 1.807) is 12.3 Å². The maximum Gasteiger partial charge on any atom is 0.132 e. The maximum absolute atomic E-state index is 5.81. The van der Waals surface area contributed by atoms with Crippen molar-refractivity contribution in [1.29, 1.82) is 0 Å². The molecule has 0 unspecified atom stereocenters. The van der Waals surface area contributed by atoms with Crippen LogP contribution in [0.15, 0.2) is 36.5 Å². The second-order valence-electron chi connectivity index (χ2n) is 4.66. The van der Waals surface area contributed by atoms with Gasteiger partial charge in [0, 0.05) is 12.3 Å². The Morgan fingerprint density at radius 3 is 2.56 bits per heavy atom. The van der Waals surface area contributed by atoms with Crippen LogP contribution in [0.25, 0.3) is 0 Å². The summed E-state index contributed by atoms with van der Waals surface area (Å²) in [5, 5.41) is 0. The monoisotopic (exact) mass is 240 g/mol. The fraction of sp³-hybridized carbons (Fsp3) is 0.267. The standard InChI is InChI=1S/C15H16N2O/c16-15-10-14(7-8-17-15)18-13-6-5-11-3-1-2-4-12(11)9-13/h5-10H,1-4H2,(H2,16,17). The molecule has 3 heteroatoms. The van der Waals surface area contributed by atoms with Crippen LogP contribution < -0.4 is 10.5 Å². The first-order valence-electron chi connectivity index (χ1n) is 6.32. The summed E-state index contributed by atoms with van der Waals surface area (Å²) in [6.45, 7) is 0. The second kappa shape index (κ2) is 4.69. The zero-order chi connectivity index (χ0) is 12.4. The molecule has 2 aromatic rings. The molecule has 0 bridgehead atoms. The molecule has 1 aromatic heterocycles. The third-order valence-corrected chi connectivity index (χ3v) is 3.31. The summed E-state index contributed by atoms with van der Waals surface area (Å²) in [5.74, 6) is 2.09. The molecule has 0 spiro atoms. The van der Waals surface area contributed by atoms with Crippen LogP contribution in [0, 0.1) is 0 Å². The minimum Gasteiger partial charge on any atom is -0.457 e. The van der Waals surface area contributed by atoms with E-state index >= 15 is 0 Å². The molecule has 2 N–H and O–H groups in total. The number of ether oxygens (including phenoxy) is 1. The fourth-order valence-electron chi connectivity index (χ4n) is 2.40. The van der Waals surface area contributed by atoms with Crippen molar-refractivity contribution in [1.82, 2.24) is 4.98 Å². The average Bonchev–Trinajstić information content (AvgIpc) is 2.39. The van der Waals surface area contributed by atoms with E-state index in [4.69, 9.17) is 10.5 Å². The third kappa shape index (κ3) is 2.30. The lowest BCUT2D eigenvalue weighted by Crippen LogP contribution is -2.02. The smallest absolute Gasteiger partial charge is 0.132 e. The van der Waals surface area contributed by atoms with Gasteiger partial charge in [0.2, 0.25) is 0 Å². The van der Waals surface area contributed by atoms with E-state index in [1.165, 1.54) is 30.4 Å². The highest BCUT2D eigenvalue weighted by Gasteiger charge is 2.10. The van der Waals surface area contributed by atoms with Gasteiger partial charge in [-0.15, -0.1) is 0 Å². The van der Waals surface area contributed by atoms with Crippen molar-refractivity contribution in [3.05, 3.63) is 47.7 Å². The maximum atomic E-state index is 5.81. The van der Waals surface area contributed by atoms with Crippen molar-refractivity contribution in [2.24, 2.45) is 0 Å². The molecule has 92 valence electrons. The summed E-state index contributed by atoms with van der Waals surface area (Å²) in [7, 11) is 0. The molecule has 0 amide bonds. The fourth-order valence-corrected chi connectivity index (χ4v) is 2.40. The van der Waals surface area contributed by atoms with Crippen molar-refractivity contribution >= 4 is 5.82 Å². The number of hydrogen-bond donors (Lipinski definition) is 1. The Labute approximate surface area is 107 Å². The van der Waals surface area contributed by atoms with E-state index in [0.717, 1.165) is 17.9 Å². The van der Waals surface area contributed by atoms with Gasteiger partial charge in [-0.2, -0.15) is 0 Å². The number of pyridine rings is 1. The highest BCUT2D eigenvalue weighted by molar-refractivity contribution is 5.42. The quantitative estimate of drug-likeness (QED) is 0.875. The second-order valence-corrected chi connectivity index (χ2v) is 4.66. The van der Waals surface area contributed by atoms with Gasteiger partial charge in [0.25, 0.3) is 0 Å². The minimum absolute atomic E-state index is 0.477. The van der Waals surface area contributed by atoms with Crippen molar-refractivity contribution in [3.8, 4) is 11.5 Å². The van der Waals surface area contributed by atoms with Gasteiger partial charge in [0.1, 0.15) is 17.3 Å². The number of hydrogen-bond acceptors (Lipinski definition) is 3. The van der Waals surface area contributed by atoms with Gasteiger partial charge in [-0.3, -0.25) is 0 Å². The molecule has 0 aliphatic heterocycles. The number of anilines is 1. The van der Waals surface area contributed by atoms with Gasteiger partial charge < -0.3 is 10.5 Å². The van der Waals surface area contributed by atoms with Crippen LogP contribution in [-0.2, 0) is 12.8 Å². The molecule has 1 aromatic carbocycles. The topological polar surface area (TPSA) is 48.1 Å². The predicted octanol–water partition coefficient (Wildman–Crippen LogP) is 3.33. The van der Waals surface area contributed by atoms with E-state index in [1.807, 2.05) is 12.1 Å². The van der Waals surface area contributed by atoms with Crippen molar-refractivity contribution in [2.75, 3.05) is 5.73 Å². The zero-order valence-electron chi connectivity index (χ0n) is 10.2. The Balaban J connectivity index is 1.85. The Bertz CT molecular complexity index is 566. The van der Waals surface area contributed by atoms with E-state index in [9.17, 15) is 0 Å². The molecule has 3 nitrogen and oxygen atoms in total. The average molecular weight is 240 g/mol. The number of nitrogen functional groups attached to an aromatic ring is 1. The van der Waals surface area contributed by atoms with Crippen LogP contribution in [0.2, 0.25) is 0 Å². The highest BCUT2D eigenvalue weighted by atomic mass is 16.5. The summed E-state index contributed by atoms with van der Waals surface area (Å²) >= 11 is 0. The molecule has 0 saturated heterocycles. The van der Waals surface area contributed by atoms with Gasteiger partial charge in [-0.05, 0) is 55.0 Å². The molecule has 0 radical (unpaired) electrons. The molecule has 1 aliphatic carbocycles. The first kappa shape index (κ1) is 11.1. The van der Waals surface area contributed by atoms with E-state index in [0.29, 0.717) is 5.82 Å². The minimum atomic E-state index is 0.477. The SMILES string of the molecule is Nc1cc(Oc2ccc3c(c2)CCCC3)ccn1. The van der Waals surface area contributed by atoms with Crippen molar-refractivity contribution in [2.45, 2.75) is 25.7 Å². The highest BCUT2D eigenvalue weighted by Crippen LogP contribution is 2.28. The Morgan fingerprint density at radius 2 is 1.72 bits per heavy atom. The Hall–Kier alpha value is -2.03. The molecular formula is C15H16N2O. The number of fused-ring (bicyclic) bond motifs is 1. The third-order valence-electron chi connectivity index (χ3n) is 3.31. The van der Waals surface area contributed by atoms with E-state index in [2.05, 4.69) is 17.1 Å². The number of benzene rings is 1. The molecule has 0 atom stereocenters. The van der Waals surface area contributed by atoms with Crippen LogP contribution >= 0.6 is 0 Å². The largest absolute Gasteiger partial charge is 0.457 e. The van der Waals surface area contributed by atoms with Gasteiger partial charge in [0.15, 0.2) is 0 Å². The molecular weight excluding hydrogens is 224 g/mol. The first-order valence-corrected chi connectivity index (χ1v) is 6.32. The Kier molecular flexibility index (Phi) is 2.89. The van der Waals surface area contributed by atoms with Gasteiger partial charge in [0.05, 0.1) is 0 Å². The molecule has 18 heavy (non-hydrogen) atoms. The normalized spacial score (nSPS) is 14.0. The number of nitrogens with zero attached hydrogens (tertiary/aromatic N) is 1. The summed E-state index contributed by atoms with van der Waals surface area (Å²) in [4.78, 5) is 3.95. The van der Waals surface area contributed by atoms with Gasteiger partial charge in [-0.1, -0.05) is 6.07 Å². The number of nitrogens with two attached hydrogens (primary N) is 1. The predicted molar refractivity (Wildman–Crippen MR) is 71.8 cm³/mol. The van der Waals surface area contributed by atoms with Crippen LogP contribution in [0.1, 0.15) is 24.0 Å². The lowest BCUT2D eigenvalue weighted by atomic mass is 9.92. The molecule has 3 rings (SSSR count). The summed E-state index contributed by atoms with van der Waals surface area (Å²) < 4.78 is 5.81. The molecule has 0 saturated carbocycles.